The standard InChI is InChI=1S/C20H21F2NO4/c1-3-26-17-10-5-4-7-14(17)11-12-18(24)27-13(2)20(25)23-19-15(21)8-6-9-16(19)22/h4-10,13H,3,11-12H2,1-2H3,(H,23,25). The smallest absolute Gasteiger partial charge is 0.306 e. The van der Waals surface area contributed by atoms with E-state index in [0.29, 0.717) is 18.8 Å². The fraction of sp³-hybridized carbons (Fsp3) is 0.300. The van der Waals surface area contributed by atoms with Crippen molar-refractivity contribution in [2.75, 3.05) is 11.9 Å². The van der Waals surface area contributed by atoms with Crippen LogP contribution in [0.4, 0.5) is 14.5 Å². The van der Waals surface area contributed by atoms with E-state index in [1.54, 1.807) is 0 Å². The van der Waals surface area contributed by atoms with Crippen LogP contribution in [0.25, 0.3) is 0 Å². The van der Waals surface area contributed by atoms with Crippen molar-refractivity contribution in [2.45, 2.75) is 32.8 Å². The largest absolute Gasteiger partial charge is 0.494 e. The first-order valence-corrected chi connectivity index (χ1v) is 8.57. The third-order valence-electron chi connectivity index (χ3n) is 3.76. The lowest BCUT2D eigenvalue weighted by molar-refractivity contribution is -0.153. The molecule has 0 saturated heterocycles. The summed E-state index contributed by atoms with van der Waals surface area (Å²) in [6.45, 7) is 3.70. The summed E-state index contributed by atoms with van der Waals surface area (Å²) in [5, 5.41) is 2.10. The van der Waals surface area contributed by atoms with E-state index in [4.69, 9.17) is 9.47 Å². The lowest BCUT2D eigenvalue weighted by atomic mass is 10.1. The number of para-hydroxylation sites is 2. The maximum absolute atomic E-state index is 13.6. The van der Waals surface area contributed by atoms with Crippen LogP contribution >= 0.6 is 0 Å². The zero-order valence-corrected chi connectivity index (χ0v) is 15.1. The monoisotopic (exact) mass is 377 g/mol. The first-order chi connectivity index (χ1) is 12.9. The molecule has 7 heteroatoms. The number of hydrogen-bond donors (Lipinski definition) is 1. The molecule has 0 aliphatic heterocycles. The van der Waals surface area contributed by atoms with Gasteiger partial charge in [-0.25, -0.2) is 8.78 Å². The quantitative estimate of drug-likeness (QED) is 0.710. The highest BCUT2D eigenvalue weighted by atomic mass is 19.1. The third-order valence-corrected chi connectivity index (χ3v) is 3.76. The van der Waals surface area contributed by atoms with Crippen LogP contribution in [0.15, 0.2) is 42.5 Å². The van der Waals surface area contributed by atoms with Crippen molar-refractivity contribution in [3.8, 4) is 5.75 Å². The first kappa shape index (κ1) is 20.4. The molecule has 2 aromatic rings. The highest BCUT2D eigenvalue weighted by molar-refractivity contribution is 5.95. The molecule has 0 aliphatic rings. The molecule has 2 aromatic carbocycles. The zero-order valence-electron chi connectivity index (χ0n) is 15.1. The van der Waals surface area contributed by atoms with Gasteiger partial charge in [0.25, 0.3) is 5.91 Å². The summed E-state index contributed by atoms with van der Waals surface area (Å²) in [6, 6.07) is 10.5. The van der Waals surface area contributed by atoms with Crippen molar-refractivity contribution in [1.29, 1.82) is 0 Å². The molecule has 0 saturated carbocycles. The van der Waals surface area contributed by atoms with Crippen LogP contribution in [-0.2, 0) is 20.7 Å². The minimum absolute atomic E-state index is 0.0375. The average molecular weight is 377 g/mol. The number of halogens is 2. The summed E-state index contributed by atoms with van der Waals surface area (Å²) in [4.78, 5) is 24.0. The Labute approximate surface area is 156 Å². The van der Waals surface area contributed by atoms with Crippen molar-refractivity contribution >= 4 is 17.6 Å². The van der Waals surface area contributed by atoms with Crippen LogP contribution < -0.4 is 10.1 Å². The van der Waals surface area contributed by atoms with Crippen LogP contribution in [0.3, 0.4) is 0 Å². The van der Waals surface area contributed by atoms with Gasteiger partial charge in [0, 0.05) is 6.42 Å². The number of esters is 1. The van der Waals surface area contributed by atoms with Gasteiger partial charge in [-0.2, -0.15) is 0 Å². The van der Waals surface area contributed by atoms with Gasteiger partial charge in [-0.1, -0.05) is 24.3 Å². The predicted molar refractivity (Wildman–Crippen MR) is 96.5 cm³/mol. The SMILES string of the molecule is CCOc1ccccc1CCC(=O)OC(C)C(=O)Nc1c(F)cccc1F. The summed E-state index contributed by atoms with van der Waals surface area (Å²) < 4.78 is 37.7. The Bertz CT molecular complexity index is 790. The van der Waals surface area contributed by atoms with E-state index < -0.39 is 35.3 Å². The molecular weight excluding hydrogens is 356 g/mol. The number of hydrogen-bond acceptors (Lipinski definition) is 4. The number of amides is 1. The molecule has 1 unspecified atom stereocenters. The minimum Gasteiger partial charge on any atom is -0.494 e. The molecule has 0 aliphatic carbocycles. The van der Waals surface area contributed by atoms with E-state index in [0.717, 1.165) is 17.7 Å². The van der Waals surface area contributed by atoms with Gasteiger partial charge in [0.1, 0.15) is 23.1 Å². The number of ether oxygens (including phenoxy) is 2. The second-order valence-corrected chi connectivity index (χ2v) is 5.76. The third kappa shape index (κ3) is 5.77. The number of carbonyl (C=O) groups is 2. The molecule has 0 fully saturated rings. The maximum Gasteiger partial charge on any atom is 0.306 e. The van der Waals surface area contributed by atoms with Gasteiger partial charge in [0.2, 0.25) is 0 Å². The Balaban J connectivity index is 1.89. The molecule has 0 heterocycles. The number of rotatable bonds is 8. The molecule has 0 bridgehead atoms. The summed E-state index contributed by atoms with van der Waals surface area (Å²) >= 11 is 0. The second kappa shape index (κ2) is 9.66. The molecule has 1 amide bonds. The van der Waals surface area contributed by atoms with Crippen molar-refractivity contribution in [3.63, 3.8) is 0 Å². The molecule has 2 rings (SSSR count). The zero-order chi connectivity index (χ0) is 19.8. The van der Waals surface area contributed by atoms with Crippen LogP contribution in [0.5, 0.6) is 5.75 Å². The lowest BCUT2D eigenvalue weighted by Gasteiger charge is -2.15. The summed E-state index contributed by atoms with van der Waals surface area (Å²) in [6.07, 6.45) is -0.778. The number of benzene rings is 2. The maximum atomic E-state index is 13.6. The topological polar surface area (TPSA) is 64.6 Å². The number of nitrogens with one attached hydrogen (secondary N) is 1. The Morgan fingerprint density at radius 1 is 1.07 bits per heavy atom. The van der Waals surface area contributed by atoms with E-state index in [-0.39, 0.29) is 6.42 Å². The van der Waals surface area contributed by atoms with E-state index >= 15 is 0 Å². The normalized spacial score (nSPS) is 11.6. The van der Waals surface area contributed by atoms with Crippen molar-refractivity contribution in [1.82, 2.24) is 0 Å². The van der Waals surface area contributed by atoms with Crippen molar-refractivity contribution in [2.24, 2.45) is 0 Å². The predicted octanol–water partition coefficient (Wildman–Crippen LogP) is 3.87. The summed E-state index contributed by atoms with van der Waals surface area (Å²) in [7, 11) is 0. The van der Waals surface area contributed by atoms with Gasteiger partial charge < -0.3 is 14.8 Å². The Morgan fingerprint density at radius 2 is 1.74 bits per heavy atom. The minimum atomic E-state index is -1.20. The van der Waals surface area contributed by atoms with Crippen LogP contribution in [0.2, 0.25) is 0 Å². The molecular formula is C20H21F2NO4. The lowest BCUT2D eigenvalue weighted by Crippen LogP contribution is -2.30. The van der Waals surface area contributed by atoms with Gasteiger partial charge in [-0.05, 0) is 44.0 Å². The average Bonchev–Trinajstić information content (AvgIpc) is 2.64. The van der Waals surface area contributed by atoms with Gasteiger partial charge in [0.15, 0.2) is 6.10 Å². The van der Waals surface area contributed by atoms with Crippen LogP contribution in [0.1, 0.15) is 25.8 Å². The van der Waals surface area contributed by atoms with Gasteiger partial charge in [0.05, 0.1) is 6.61 Å². The summed E-state index contributed by atoms with van der Waals surface area (Å²) in [5.41, 5.74) is 0.276. The molecule has 27 heavy (non-hydrogen) atoms. The Hall–Kier alpha value is -2.96. The molecule has 5 nitrogen and oxygen atoms in total. The van der Waals surface area contributed by atoms with Gasteiger partial charge in [-0.3, -0.25) is 9.59 Å². The van der Waals surface area contributed by atoms with E-state index in [9.17, 15) is 18.4 Å². The highest BCUT2D eigenvalue weighted by Crippen LogP contribution is 2.20. The molecule has 1 atom stereocenters. The molecule has 144 valence electrons. The number of anilines is 1. The molecule has 0 radical (unpaired) electrons. The van der Waals surface area contributed by atoms with Crippen LogP contribution in [-0.4, -0.2) is 24.6 Å². The van der Waals surface area contributed by atoms with Gasteiger partial charge >= 0.3 is 5.97 Å². The van der Waals surface area contributed by atoms with E-state index in [2.05, 4.69) is 5.32 Å². The number of aryl methyl sites for hydroxylation is 1. The molecule has 0 spiro atoms. The van der Waals surface area contributed by atoms with Crippen molar-refractivity contribution < 1.29 is 27.8 Å². The fourth-order valence-electron chi connectivity index (χ4n) is 2.40. The Morgan fingerprint density at radius 3 is 2.41 bits per heavy atom. The second-order valence-electron chi connectivity index (χ2n) is 5.76. The van der Waals surface area contributed by atoms with Crippen LogP contribution in [0, 0.1) is 11.6 Å². The number of carbonyl (C=O) groups excluding carboxylic acids is 2. The first-order valence-electron chi connectivity index (χ1n) is 8.57. The highest BCUT2D eigenvalue weighted by Gasteiger charge is 2.21. The van der Waals surface area contributed by atoms with E-state index in [1.165, 1.54) is 13.0 Å². The Kier molecular flexibility index (Phi) is 7.28. The summed E-state index contributed by atoms with van der Waals surface area (Å²) in [5.74, 6) is -2.54. The van der Waals surface area contributed by atoms with Gasteiger partial charge in [-0.15, -0.1) is 0 Å². The fourth-order valence-corrected chi connectivity index (χ4v) is 2.40. The molecule has 0 aromatic heterocycles. The van der Waals surface area contributed by atoms with Crippen molar-refractivity contribution in [3.05, 3.63) is 59.7 Å². The van der Waals surface area contributed by atoms with E-state index in [1.807, 2.05) is 31.2 Å². The molecule has 1 N–H and O–H groups in total.